The van der Waals surface area contributed by atoms with Crippen molar-refractivity contribution in [1.29, 1.82) is 0 Å². The molecule has 0 saturated carbocycles. The van der Waals surface area contributed by atoms with Crippen molar-refractivity contribution in [2.24, 2.45) is 0 Å². The summed E-state index contributed by atoms with van der Waals surface area (Å²) in [6, 6.07) is 10.00. The Kier molecular flexibility index (Phi) is 7.88. The first-order valence-corrected chi connectivity index (χ1v) is 10.3. The van der Waals surface area contributed by atoms with Crippen LogP contribution in [0.3, 0.4) is 0 Å². The zero-order valence-electron chi connectivity index (χ0n) is 15.6. The number of rotatable bonds is 8. The van der Waals surface area contributed by atoms with Crippen LogP contribution in [0.2, 0.25) is 0 Å². The zero-order chi connectivity index (χ0) is 19.0. The molecule has 0 atom stereocenters. The minimum absolute atomic E-state index is 0.184. The highest BCUT2D eigenvalue weighted by Crippen LogP contribution is 2.35. The van der Waals surface area contributed by atoms with Gasteiger partial charge in [0.15, 0.2) is 0 Å². The predicted molar refractivity (Wildman–Crippen MR) is 109 cm³/mol. The number of hydrogen-bond acceptors (Lipinski definition) is 5. The number of halogens is 1. The molecule has 26 heavy (non-hydrogen) atoms. The molecule has 1 aromatic carbocycles. The molecule has 0 bridgehead atoms. The van der Waals surface area contributed by atoms with Crippen LogP contribution in [-0.4, -0.2) is 35.1 Å². The fourth-order valence-electron chi connectivity index (χ4n) is 3.00. The van der Waals surface area contributed by atoms with Gasteiger partial charge in [-0.25, -0.2) is 0 Å². The molecule has 6 heteroatoms. The lowest BCUT2D eigenvalue weighted by Crippen LogP contribution is -2.43. The van der Waals surface area contributed by atoms with Crippen LogP contribution in [0.5, 0.6) is 0 Å². The summed E-state index contributed by atoms with van der Waals surface area (Å²) in [4.78, 5) is 24.1. The number of carbonyl (C=O) groups is 2. The van der Waals surface area contributed by atoms with E-state index in [9.17, 15) is 9.59 Å². The fourth-order valence-corrected chi connectivity index (χ4v) is 3.15. The highest BCUT2D eigenvalue weighted by atomic mass is 127. The van der Waals surface area contributed by atoms with Crippen molar-refractivity contribution in [3.05, 3.63) is 35.9 Å². The summed E-state index contributed by atoms with van der Waals surface area (Å²) < 4.78 is 10.7. The van der Waals surface area contributed by atoms with Crippen molar-refractivity contribution < 1.29 is 19.1 Å². The van der Waals surface area contributed by atoms with Gasteiger partial charge in [-0.05, 0) is 45.3 Å². The first-order chi connectivity index (χ1) is 12.3. The molecule has 0 amide bonds. The smallest absolute Gasteiger partial charge is 0.321 e. The Hall–Kier alpha value is -1.15. The second-order valence-corrected chi connectivity index (χ2v) is 9.85. The van der Waals surface area contributed by atoms with Crippen molar-refractivity contribution in [2.45, 2.75) is 55.0 Å². The first kappa shape index (κ1) is 21.2. The Morgan fingerprint density at radius 3 is 2.42 bits per heavy atom. The maximum atomic E-state index is 12.4. The van der Waals surface area contributed by atoms with Crippen LogP contribution in [-0.2, 0) is 24.7 Å². The normalized spacial score (nSPS) is 16.7. The molecule has 0 radical (unpaired) electrons. The fraction of sp³-hybridized carbons (Fsp3) is 0.600. The van der Waals surface area contributed by atoms with E-state index < -0.39 is 9.02 Å². The number of benzene rings is 1. The third-order valence-electron chi connectivity index (χ3n) is 4.51. The monoisotopic (exact) mass is 473 g/mol. The maximum absolute atomic E-state index is 12.4. The van der Waals surface area contributed by atoms with E-state index in [1.807, 2.05) is 44.2 Å². The molecule has 2 rings (SSSR count). The van der Waals surface area contributed by atoms with E-state index in [0.29, 0.717) is 25.9 Å². The van der Waals surface area contributed by atoms with Gasteiger partial charge in [-0.15, -0.1) is 0 Å². The maximum Gasteiger partial charge on any atom is 0.321 e. The summed E-state index contributed by atoms with van der Waals surface area (Å²) in [6.07, 6.45) is 3.22. The van der Waals surface area contributed by atoms with Gasteiger partial charge in [0.05, 0.1) is 6.61 Å². The molecule has 0 aromatic heterocycles. The Labute approximate surface area is 169 Å². The third kappa shape index (κ3) is 6.23. The number of esters is 2. The van der Waals surface area contributed by atoms with E-state index in [2.05, 4.69) is 27.9 Å². The van der Waals surface area contributed by atoms with Gasteiger partial charge >= 0.3 is 11.9 Å². The molecule has 5 nitrogen and oxygen atoms in total. The lowest BCUT2D eigenvalue weighted by molar-refractivity contribution is -0.164. The van der Waals surface area contributed by atoms with Gasteiger partial charge < -0.3 is 14.8 Å². The van der Waals surface area contributed by atoms with Gasteiger partial charge in [0, 0.05) is 19.3 Å². The van der Waals surface area contributed by atoms with E-state index in [0.717, 1.165) is 31.5 Å². The van der Waals surface area contributed by atoms with Gasteiger partial charge in [-0.2, -0.15) is 0 Å². The lowest BCUT2D eigenvalue weighted by Gasteiger charge is -2.37. The summed E-state index contributed by atoms with van der Waals surface area (Å²) >= 11 is 2.06. The van der Waals surface area contributed by atoms with Crippen molar-refractivity contribution in [3.8, 4) is 0 Å². The van der Waals surface area contributed by atoms with Gasteiger partial charge in [0.25, 0.3) is 0 Å². The average molecular weight is 473 g/mol. The van der Waals surface area contributed by atoms with Gasteiger partial charge in [0.1, 0.15) is 9.02 Å². The second kappa shape index (κ2) is 9.69. The average Bonchev–Trinajstić information content (AvgIpc) is 2.62. The third-order valence-corrected chi connectivity index (χ3v) is 4.95. The number of nitrogens with one attached hydrogen (secondary N) is 1. The minimum Gasteiger partial charge on any atom is -0.465 e. The van der Waals surface area contributed by atoms with Crippen LogP contribution in [0.4, 0.5) is 0 Å². The quantitative estimate of drug-likeness (QED) is 0.270. The van der Waals surface area contributed by atoms with Gasteiger partial charge in [-0.3, -0.25) is 9.59 Å². The number of hydrogen-bond donors (Lipinski definition) is 1. The summed E-state index contributed by atoms with van der Waals surface area (Å²) in [5.74, 6) is -0.408. The van der Waals surface area contributed by atoms with Crippen LogP contribution >= 0.6 is 22.6 Å². The minimum atomic E-state index is -0.526. The highest BCUT2D eigenvalue weighted by molar-refractivity contribution is 14.1. The molecule has 1 heterocycles. The van der Waals surface area contributed by atoms with Crippen LogP contribution in [0.25, 0.3) is 0 Å². The molecular weight excluding hydrogens is 445 g/mol. The predicted octanol–water partition coefficient (Wildman–Crippen LogP) is 3.74. The molecule has 0 spiro atoms. The molecule has 1 N–H and O–H groups in total. The topological polar surface area (TPSA) is 64.6 Å². The molecular formula is C20H28INO4. The zero-order valence-corrected chi connectivity index (χ0v) is 17.7. The molecule has 0 unspecified atom stereocenters. The molecule has 0 aliphatic carbocycles. The lowest BCUT2D eigenvalue weighted by atomic mass is 9.84. The van der Waals surface area contributed by atoms with Crippen LogP contribution < -0.4 is 5.32 Å². The number of ether oxygens (including phenoxy) is 2. The Balaban J connectivity index is 1.80. The van der Waals surface area contributed by atoms with Crippen molar-refractivity contribution >= 4 is 34.5 Å². The first-order valence-electron chi connectivity index (χ1n) is 9.18. The molecule has 1 aromatic rings. The molecule has 1 aliphatic rings. The number of alkyl halides is 1. The molecule has 1 saturated heterocycles. The summed E-state index contributed by atoms with van der Waals surface area (Å²) in [7, 11) is 0. The van der Waals surface area contributed by atoms with Crippen LogP contribution in [0.15, 0.2) is 30.3 Å². The van der Waals surface area contributed by atoms with Crippen molar-refractivity contribution in [3.63, 3.8) is 0 Å². The molecule has 1 fully saturated rings. The van der Waals surface area contributed by atoms with Crippen molar-refractivity contribution in [2.75, 3.05) is 19.7 Å². The Morgan fingerprint density at radius 1 is 1.15 bits per heavy atom. The number of piperidine rings is 1. The summed E-state index contributed by atoms with van der Waals surface area (Å²) in [6.45, 7) is 5.64. The van der Waals surface area contributed by atoms with E-state index in [4.69, 9.17) is 9.47 Å². The molecule has 1 aliphatic heterocycles. The Bertz CT molecular complexity index is 592. The standard InChI is InChI=1S/C20H28INO4/c1-19(2,21)18(24)25-15-7-6-10-17(23)26-20(11-13-22-14-12-20)16-8-4-3-5-9-16/h3-5,8-9,22H,6-7,10-15H2,1-2H3. The summed E-state index contributed by atoms with van der Waals surface area (Å²) in [5.41, 5.74) is 0.537. The number of carbonyl (C=O) groups excluding carboxylic acids is 2. The highest BCUT2D eigenvalue weighted by Gasteiger charge is 2.37. The van der Waals surface area contributed by atoms with Crippen molar-refractivity contribution in [1.82, 2.24) is 5.32 Å². The van der Waals surface area contributed by atoms with Gasteiger partial charge in [0.2, 0.25) is 0 Å². The largest absolute Gasteiger partial charge is 0.465 e. The van der Waals surface area contributed by atoms with Crippen LogP contribution in [0, 0.1) is 0 Å². The van der Waals surface area contributed by atoms with Gasteiger partial charge in [-0.1, -0.05) is 52.9 Å². The van der Waals surface area contributed by atoms with E-state index in [1.165, 1.54) is 0 Å². The summed E-state index contributed by atoms with van der Waals surface area (Å²) in [5, 5.41) is 3.32. The number of unbranched alkanes of at least 4 members (excludes halogenated alkanes) is 1. The van der Waals surface area contributed by atoms with E-state index in [1.54, 1.807) is 0 Å². The van der Waals surface area contributed by atoms with E-state index in [-0.39, 0.29) is 11.9 Å². The Morgan fingerprint density at radius 2 is 1.81 bits per heavy atom. The second-order valence-electron chi connectivity index (χ2n) is 7.15. The molecule has 144 valence electrons. The van der Waals surface area contributed by atoms with Crippen LogP contribution in [0.1, 0.15) is 51.5 Å². The SMILES string of the molecule is CC(C)(I)C(=O)OCCCCC(=O)OC1(c2ccccc2)CCNCC1. The van der Waals surface area contributed by atoms with E-state index >= 15 is 0 Å².